The Kier molecular flexibility index (Phi) is 7.81. The highest BCUT2D eigenvalue weighted by molar-refractivity contribution is 9.11. The molecule has 226 valence electrons. The quantitative estimate of drug-likeness (QED) is 0.176. The minimum absolute atomic E-state index is 0.0809. The van der Waals surface area contributed by atoms with E-state index in [9.17, 15) is 4.79 Å². The standard InChI is InChI=1S/C38H25Br2ClN2O2S/c39-30-18-22(19-31(40)36(30)45-21-25-11-7-10-23-8-1-3-12-26(23)25)20-33-37(44)43-35(28-14-5-6-15-32(28)41)29-17-16-24-9-2-4-13-27(24)34(29)42-38(43)46-33/h1-15,18-20,35H,16-17,21H2/b33-20-. The van der Waals surface area contributed by atoms with Crippen LogP contribution in [0.4, 0.5) is 0 Å². The summed E-state index contributed by atoms with van der Waals surface area (Å²) in [6.07, 6.45) is 3.64. The summed E-state index contributed by atoms with van der Waals surface area (Å²) >= 11 is 15.6. The van der Waals surface area contributed by atoms with Gasteiger partial charge in [-0.1, -0.05) is 108 Å². The number of benzene rings is 5. The maximum Gasteiger partial charge on any atom is 0.271 e. The van der Waals surface area contributed by atoms with Crippen LogP contribution in [0, 0.1) is 0 Å². The van der Waals surface area contributed by atoms with E-state index in [2.05, 4.69) is 86.5 Å². The molecule has 1 aliphatic heterocycles. The van der Waals surface area contributed by atoms with Crippen molar-refractivity contribution < 1.29 is 4.74 Å². The van der Waals surface area contributed by atoms with Crippen LogP contribution in [-0.2, 0) is 13.0 Å². The van der Waals surface area contributed by atoms with E-state index in [4.69, 9.17) is 21.3 Å². The minimum Gasteiger partial charge on any atom is -0.487 e. The van der Waals surface area contributed by atoms with E-state index in [1.165, 1.54) is 27.7 Å². The van der Waals surface area contributed by atoms with Crippen molar-refractivity contribution in [1.82, 2.24) is 4.57 Å². The number of allylic oxidation sites excluding steroid dienone is 1. The van der Waals surface area contributed by atoms with Gasteiger partial charge in [-0.05, 0) is 108 Å². The van der Waals surface area contributed by atoms with Crippen LogP contribution in [0.25, 0.3) is 22.5 Å². The molecule has 2 heterocycles. The van der Waals surface area contributed by atoms with Gasteiger partial charge in [0.2, 0.25) is 0 Å². The second-order valence-corrected chi connectivity index (χ2v) is 14.5. The maximum atomic E-state index is 14.2. The van der Waals surface area contributed by atoms with Gasteiger partial charge in [0.1, 0.15) is 12.4 Å². The van der Waals surface area contributed by atoms with Gasteiger partial charge in [-0.2, -0.15) is 0 Å². The van der Waals surface area contributed by atoms with Crippen LogP contribution in [0.2, 0.25) is 5.02 Å². The molecule has 1 unspecified atom stereocenters. The van der Waals surface area contributed by atoms with Crippen molar-refractivity contribution in [2.45, 2.75) is 25.5 Å². The molecule has 0 radical (unpaired) electrons. The van der Waals surface area contributed by atoms with Crippen molar-refractivity contribution in [2.24, 2.45) is 4.99 Å². The Hall–Kier alpha value is -3.75. The van der Waals surface area contributed by atoms with E-state index in [1.54, 1.807) is 0 Å². The van der Waals surface area contributed by atoms with Gasteiger partial charge in [0.25, 0.3) is 5.56 Å². The number of rotatable bonds is 5. The molecule has 5 aromatic carbocycles. The number of hydrogen-bond donors (Lipinski definition) is 0. The molecule has 0 saturated heterocycles. The number of halogens is 3. The van der Waals surface area contributed by atoms with Crippen LogP contribution in [0.1, 0.15) is 40.3 Å². The number of thiazole rings is 1. The molecule has 4 nitrogen and oxygen atoms in total. The van der Waals surface area contributed by atoms with Gasteiger partial charge in [0.15, 0.2) is 4.80 Å². The maximum absolute atomic E-state index is 14.2. The molecule has 1 atom stereocenters. The highest BCUT2D eigenvalue weighted by atomic mass is 79.9. The predicted molar refractivity (Wildman–Crippen MR) is 194 cm³/mol. The third-order valence-electron chi connectivity index (χ3n) is 8.64. The Morgan fingerprint density at radius 3 is 2.50 bits per heavy atom. The fourth-order valence-corrected chi connectivity index (χ4v) is 9.21. The third kappa shape index (κ3) is 5.20. The third-order valence-corrected chi connectivity index (χ3v) is 11.1. The van der Waals surface area contributed by atoms with Crippen molar-refractivity contribution in [2.75, 3.05) is 0 Å². The number of aromatic nitrogens is 1. The number of hydrogen-bond acceptors (Lipinski definition) is 4. The highest BCUT2D eigenvalue weighted by Crippen LogP contribution is 2.43. The number of ether oxygens (including phenoxy) is 1. The van der Waals surface area contributed by atoms with E-state index in [0.717, 1.165) is 55.3 Å². The van der Waals surface area contributed by atoms with Crippen LogP contribution >= 0.6 is 54.8 Å². The highest BCUT2D eigenvalue weighted by Gasteiger charge is 2.33. The molecule has 1 aliphatic carbocycles. The first-order valence-electron chi connectivity index (χ1n) is 14.9. The zero-order chi connectivity index (χ0) is 31.4. The summed E-state index contributed by atoms with van der Waals surface area (Å²) in [7, 11) is 0. The van der Waals surface area contributed by atoms with Gasteiger partial charge in [0.05, 0.1) is 25.2 Å². The molecular weight excluding hydrogens is 744 g/mol. The topological polar surface area (TPSA) is 43.6 Å². The van der Waals surface area contributed by atoms with Crippen LogP contribution in [0.15, 0.2) is 127 Å². The summed E-state index contributed by atoms with van der Waals surface area (Å²) in [5.74, 6) is 0.705. The number of fused-ring (bicyclic) bond motifs is 4. The van der Waals surface area contributed by atoms with Gasteiger partial charge in [-0.15, -0.1) is 0 Å². The van der Waals surface area contributed by atoms with E-state index >= 15 is 0 Å². The summed E-state index contributed by atoms with van der Waals surface area (Å²) in [4.78, 5) is 20.0. The van der Waals surface area contributed by atoms with Gasteiger partial charge in [-0.25, -0.2) is 4.99 Å². The smallest absolute Gasteiger partial charge is 0.271 e. The van der Waals surface area contributed by atoms with Gasteiger partial charge >= 0.3 is 0 Å². The molecule has 1 aromatic heterocycles. The molecule has 2 aliphatic rings. The second kappa shape index (κ2) is 12.1. The lowest BCUT2D eigenvalue weighted by molar-refractivity contribution is 0.303. The Balaban J connectivity index is 1.20. The van der Waals surface area contributed by atoms with Crippen molar-refractivity contribution in [1.29, 1.82) is 0 Å². The Morgan fingerprint density at radius 1 is 0.913 bits per heavy atom. The van der Waals surface area contributed by atoms with Crippen molar-refractivity contribution >= 4 is 77.3 Å². The SMILES string of the molecule is O=c1/c(=C/c2cc(Br)c(OCc3cccc4ccccc34)c(Br)c2)sc2n1C(c1ccccc1Cl)C1=C(N=2)c2ccccc2CC1. The van der Waals surface area contributed by atoms with Gasteiger partial charge in [-0.3, -0.25) is 9.36 Å². The fraction of sp³-hybridized carbons (Fsp3) is 0.105. The molecule has 0 bridgehead atoms. The van der Waals surface area contributed by atoms with Crippen molar-refractivity contribution in [3.05, 3.63) is 170 Å². The van der Waals surface area contributed by atoms with E-state index in [0.29, 0.717) is 26.7 Å². The summed E-state index contributed by atoms with van der Waals surface area (Å²) in [5, 5.41) is 2.99. The first kappa shape index (κ1) is 29.6. The minimum atomic E-state index is -0.321. The zero-order valence-electron chi connectivity index (χ0n) is 24.3. The normalized spacial score (nSPS) is 15.7. The number of aryl methyl sites for hydroxylation is 1. The molecule has 46 heavy (non-hydrogen) atoms. The van der Waals surface area contributed by atoms with Crippen molar-refractivity contribution in [3.8, 4) is 5.75 Å². The van der Waals surface area contributed by atoms with Gasteiger partial charge in [0, 0.05) is 10.6 Å². The molecule has 0 amide bonds. The monoisotopic (exact) mass is 766 g/mol. The Bertz CT molecular complexity index is 2380. The summed E-state index contributed by atoms with van der Waals surface area (Å²) in [6, 6.07) is 34.4. The van der Waals surface area contributed by atoms with E-state index < -0.39 is 0 Å². The molecule has 8 rings (SSSR count). The predicted octanol–water partition coefficient (Wildman–Crippen LogP) is 9.23. The molecule has 6 aromatic rings. The summed E-state index contributed by atoms with van der Waals surface area (Å²) in [6.45, 7) is 0.423. The summed E-state index contributed by atoms with van der Waals surface area (Å²) in [5.41, 5.74) is 7.30. The lowest BCUT2D eigenvalue weighted by atomic mass is 9.83. The zero-order valence-corrected chi connectivity index (χ0v) is 29.1. The molecule has 8 heteroatoms. The first-order valence-corrected chi connectivity index (χ1v) is 17.7. The van der Waals surface area contributed by atoms with Gasteiger partial charge < -0.3 is 4.74 Å². The van der Waals surface area contributed by atoms with Crippen LogP contribution < -0.4 is 19.6 Å². The average molecular weight is 769 g/mol. The average Bonchev–Trinajstić information content (AvgIpc) is 3.37. The van der Waals surface area contributed by atoms with Crippen LogP contribution in [0.3, 0.4) is 0 Å². The van der Waals surface area contributed by atoms with Crippen LogP contribution in [-0.4, -0.2) is 4.57 Å². The molecule has 0 saturated carbocycles. The Labute approximate surface area is 291 Å². The summed E-state index contributed by atoms with van der Waals surface area (Å²) < 4.78 is 10.3. The lowest BCUT2D eigenvalue weighted by Crippen LogP contribution is -2.38. The van der Waals surface area contributed by atoms with E-state index in [-0.39, 0.29) is 11.6 Å². The van der Waals surface area contributed by atoms with Crippen molar-refractivity contribution in [3.63, 3.8) is 0 Å². The molecule has 0 fully saturated rings. The molecule has 0 spiro atoms. The lowest BCUT2D eigenvalue weighted by Gasteiger charge is -2.31. The van der Waals surface area contributed by atoms with E-state index in [1.807, 2.05) is 59.2 Å². The second-order valence-electron chi connectivity index (χ2n) is 11.4. The first-order chi connectivity index (χ1) is 22.5. The molecule has 0 N–H and O–H groups in total. The Morgan fingerprint density at radius 2 is 1.65 bits per heavy atom. The fourth-order valence-electron chi connectivity index (χ4n) is 6.52. The largest absolute Gasteiger partial charge is 0.487 e. The molecular formula is C38H25Br2ClN2O2S. The van der Waals surface area contributed by atoms with Crippen LogP contribution in [0.5, 0.6) is 5.75 Å². The number of nitrogens with zero attached hydrogens (tertiary/aromatic N) is 2.